The van der Waals surface area contributed by atoms with Crippen molar-refractivity contribution in [3.63, 3.8) is 0 Å². The van der Waals surface area contributed by atoms with Crippen LogP contribution in [0.15, 0.2) is 65.5 Å². The highest BCUT2D eigenvalue weighted by atomic mass is 35.5. The Labute approximate surface area is 171 Å². The lowest BCUT2D eigenvalue weighted by Crippen LogP contribution is -2.31. The molecule has 2 amide bonds. The number of methoxy groups -OCH3 is 1. The molecule has 0 atom stereocenters. The first-order chi connectivity index (χ1) is 14.0. The minimum absolute atomic E-state index is 0.00147. The van der Waals surface area contributed by atoms with Crippen molar-refractivity contribution in [3.8, 4) is 5.75 Å². The molecule has 0 unspecified atom stereocenters. The summed E-state index contributed by atoms with van der Waals surface area (Å²) in [7, 11) is 1.46. The van der Waals surface area contributed by atoms with Crippen LogP contribution in [0.2, 0.25) is 5.02 Å². The molecule has 0 radical (unpaired) electrons. The second-order valence-electron chi connectivity index (χ2n) is 5.93. The predicted octanol–water partition coefficient (Wildman–Crippen LogP) is 2.80. The van der Waals surface area contributed by atoms with Crippen molar-refractivity contribution in [3.05, 3.63) is 81.7 Å². The molecule has 8 nitrogen and oxygen atoms in total. The highest BCUT2D eigenvalue weighted by molar-refractivity contribution is 6.31. The van der Waals surface area contributed by atoms with Gasteiger partial charge in [0.15, 0.2) is 0 Å². The summed E-state index contributed by atoms with van der Waals surface area (Å²) in [6, 6.07) is 16.1. The average Bonchev–Trinajstić information content (AvgIpc) is 2.70. The molecular formula is C20H17ClN4O4. The Morgan fingerprint density at radius 1 is 1.07 bits per heavy atom. The van der Waals surface area contributed by atoms with E-state index in [4.69, 9.17) is 16.3 Å². The molecule has 0 aliphatic carbocycles. The van der Waals surface area contributed by atoms with Gasteiger partial charge in [-0.2, -0.15) is 5.10 Å². The molecule has 2 N–H and O–H groups in total. The monoisotopic (exact) mass is 412 g/mol. The Balaban J connectivity index is 1.75. The maximum Gasteiger partial charge on any atom is 0.276 e. The van der Waals surface area contributed by atoms with E-state index in [0.29, 0.717) is 22.1 Å². The van der Waals surface area contributed by atoms with Gasteiger partial charge in [0, 0.05) is 16.8 Å². The summed E-state index contributed by atoms with van der Waals surface area (Å²) < 4.78 is 6.08. The number of nitrogens with one attached hydrogen (secondary N) is 2. The Kier molecular flexibility index (Phi) is 6.25. The fourth-order valence-corrected chi connectivity index (χ4v) is 2.68. The highest BCUT2D eigenvalue weighted by Gasteiger charge is 2.14. The Morgan fingerprint density at radius 2 is 1.83 bits per heavy atom. The SMILES string of the molecule is COc1ccc(Cl)cc1NC(=O)Cn1nc(C(=O)Nc2ccccc2)ccc1=O. The lowest BCUT2D eigenvalue weighted by atomic mass is 10.3. The molecule has 1 aromatic heterocycles. The van der Waals surface area contributed by atoms with E-state index in [9.17, 15) is 14.4 Å². The molecule has 0 aliphatic heterocycles. The van der Waals surface area contributed by atoms with E-state index < -0.39 is 17.4 Å². The minimum atomic E-state index is -0.527. The first-order valence-corrected chi connectivity index (χ1v) is 8.92. The number of carbonyl (C=O) groups excluding carboxylic acids is 2. The summed E-state index contributed by atoms with van der Waals surface area (Å²) in [4.78, 5) is 36.8. The van der Waals surface area contributed by atoms with Crippen molar-refractivity contribution < 1.29 is 14.3 Å². The summed E-state index contributed by atoms with van der Waals surface area (Å²) in [5.74, 6) is -0.610. The lowest BCUT2D eigenvalue weighted by Gasteiger charge is -2.11. The third-order valence-corrected chi connectivity index (χ3v) is 4.10. The van der Waals surface area contributed by atoms with Crippen molar-refractivity contribution in [2.24, 2.45) is 0 Å². The molecule has 0 aliphatic rings. The number of aromatic nitrogens is 2. The Hall–Kier alpha value is -3.65. The Morgan fingerprint density at radius 3 is 2.55 bits per heavy atom. The number of hydrogen-bond donors (Lipinski definition) is 2. The second-order valence-corrected chi connectivity index (χ2v) is 6.36. The second kappa shape index (κ2) is 9.03. The number of amides is 2. The van der Waals surface area contributed by atoms with Gasteiger partial charge in [-0.05, 0) is 36.4 Å². The smallest absolute Gasteiger partial charge is 0.276 e. The van der Waals surface area contributed by atoms with E-state index in [1.807, 2.05) is 6.07 Å². The van der Waals surface area contributed by atoms with Crippen LogP contribution in [-0.2, 0) is 11.3 Å². The summed E-state index contributed by atoms with van der Waals surface area (Å²) in [5, 5.41) is 9.69. The van der Waals surface area contributed by atoms with E-state index in [1.165, 1.54) is 25.3 Å². The van der Waals surface area contributed by atoms with E-state index in [-0.39, 0.29) is 12.2 Å². The highest BCUT2D eigenvalue weighted by Crippen LogP contribution is 2.27. The molecule has 148 valence electrons. The summed E-state index contributed by atoms with van der Waals surface area (Å²) in [6.07, 6.45) is 0. The van der Waals surface area contributed by atoms with Gasteiger partial charge >= 0.3 is 0 Å². The van der Waals surface area contributed by atoms with Crippen molar-refractivity contribution in [1.29, 1.82) is 0 Å². The molecule has 2 aromatic carbocycles. The molecular weight excluding hydrogens is 396 g/mol. The van der Waals surface area contributed by atoms with Crippen LogP contribution in [-0.4, -0.2) is 28.7 Å². The predicted molar refractivity (Wildman–Crippen MR) is 110 cm³/mol. The molecule has 0 saturated carbocycles. The largest absolute Gasteiger partial charge is 0.495 e. The fourth-order valence-electron chi connectivity index (χ4n) is 2.50. The lowest BCUT2D eigenvalue weighted by molar-refractivity contribution is -0.117. The van der Waals surface area contributed by atoms with E-state index in [1.54, 1.807) is 36.4 Å². The number of carbonyl (C=O) groups is 2. The normalized spacial score (nSPS) is 10.3. The quantitative estimate of drug-likeness (QED) is 0.648. The number of benzene rings is 2. The van der Waals surface area contributed by atoms with Crippen molar-refractivity contribution in [1.82, 2.24) is 9.78 Å². The molecule has 3 aromatic rings. The van der Waals surface area contributed by atoms with Crippen molar-refractivity contribution in [2.45, 2.75) is 6.54 Å². The first-order valence-electron chi connectivity index (χ1n) is 8.54. The fraction of sp³-hybridized carbons (Fsp3) is 0.100. The van der Waals surface area contributed by atoms with Gasteiger partial charge in [-0.1, -0.05) is 29.8 Å². The van der Waals surface area contributed by atoms with E-state index in [2.05, 4.69) is 15.7 Å². The van der Waals surface area contributed by atoms with Crippen molar-refractivity contribution >= 4 is 34.8 Å². The van der Waals surface area contributed by atoms with Gasteiger partial charge in [-0.15, -0.1) is 0 Å². The third kappa shape index (κ3) is 5.20. The number of para-hydroxylation sites is 1. The molecule has 29 heavy (non-hydrogen) atoms. The molecule has 1 heterocycles. The zero-order valence-electron chi connectivity index (χ0n) is 15.4. The summed E-state index contributed by atoms with van der Waals surface area (Å²) >= 11 is 5.95. The third-order valence-electron chi connectivity index (χ3n) is 3.86. The summed E-state index contributed by atoms with van der Waals surface area (Å²) in [6.45, 7) is -0.388. The van der Waals surface area contributed by atoms with E-state index >= 15 is 0 Å². The first kappa shape index (κ1) is 20.1. The number of anilines is 2. The van der Waals surface area contributed by atoms with Gasteiger partial charge in [-0.3, -0.25) is 14.4 Å². The summed E-state index contributed by atoms with van der Waals surface area (Å²) in [5.41, 5.74) is 0.426. The van der Waals surface area contributed by atoms with Crippen LogP contribution >= 0.6 is 11.6 Å². The molecule has 0 bridgehead atoms. The van der Waals surface area contributed by atoms with Crippen LogP contribution < -0.4 is 20.9 Å². The van der Waals surface area contributed by atoms with E-state index in [0.717, 1.165) is 4.68 Å². The average molecular weight is 413 g/mol. The molecule has 0 saturated heterocycles. The zero-order valence-corrected chi connectivity index (χ0v) is 16.1. The molecule has 9 heteroatoms. The topological polar surface area (TPSA) is 102 Å². The van der Waals surface area contributed by atoms with Gasteiger partial charge in [0.25, 0.3) is 11.5 Å². The van der Waals surface area contributed by atoms with Gasteiger partial charge in [0.1, 0.15) is 18.0 Å². The number of hydrogen-bond acceptors (Lipinski definition) is 5. The van der Waals surface area contributed by atoms with Crippen LogP contribution in [0.25, 0.3) is 0 Å². The molecule has 0 fully saturated rings. The maximum atomic E-state index is 12.4. The number of nitrogens with zero attached hydrogens (tertiary/aromatic N) is 2. The minimum Gasteiger partial charge on any atom is -0.495 e. The van der Waals surface area contributed by atoms with Gasteiger partial charge in [-0.25, -0.2) is 4.68 Å². The zero-order chi connectivity index (χ0) is 20.8. The number of halogens is 1. The van der Waals surface area contributed by atoms with Gasteiger partial charge in [0.05, 0.1) is 12.8 Å². The van der Waals surface area contributed by atoms with Gasteiger partial charge < -0.3 is 15.4 Å². The standard InChI is InChI=1S/C20H17ClN4O4/c1-29-17-9-7-13(21)11-16(17)23-18(26)12-25-19(27)10-8-15(24-25)20(28)22-14-5-3-2-4-6-14/h2-11H,12H2,1H3,(H,22,28)(H,23,26). The Bertz CT molecular complexity index is 1100. The van der Waals surface area contributed by atoms with Crippen LogP contribution in [0.4, 0.5) is 11.4 Å². The van der Waals surface area contributed by atoms with Gasteiger partial charge in [0.2, 0.25) is 5.91 Å². The molecule has 3 rings (SSSR count). The van der Waals surface area contributed by atoms with Crippen molar-refractivity contribution in [2.75, 3.05) is 17.7 Å². The number of ether oxygens (including phenoxy) is 1. The number of rotatable bonds is 6. The van der Waals surface area contributed by atoms with Crippen LogP contribution in [0.5, 0.6) is 5.75 Å². The van der Waals surface area contributed by atoms with Crippen LogP contribution in [0.1, 0.15) is 10.5 Å². The molecule has 0 spiro atoms. The maximum absolute atomic E-state index is 12.4. The van der Waals surface area contributed by atoms with Crippen LogP contribution in [0.3, 0.4) is 0 Å². The van der Waals surface area contributed by atoms with Crippen LogP contribution in [0, 0.1) is 0 Å².